The first-order valence-corrected chi connectivity index (χ1v) is 10.5. The normalized spacial score (nSPS) is 11.2. The Labute approximate surface area is 182 Å². The van der Waals surface area contributed by atoms with Gasteiger partial charge in [-0.1, -0.05) is 91.0 Å². The van der Waals surface area contributed by atoms with E-state index in [4.69, 9.17) is 9.72 Å². The fourth-order valence-electron chi connectivity index (χ4n) is 4.27. The maximum atomic E-state index is 5.64. The summed E-state index contributed by atoms with van der Waals surface area (Å²) in [6, 6.07) is 37.8. The van der Waals surface area contributed by atoms with Gasteiger partial charge in [-0.05, 0) is 29.3 Å². The summed E-state index contributed by atoms with van der Waals surface area (Å²) >= 11 is 0. The maximum Gasteiger partial charge on any atom is 0.123 e. The highest BCUT2D eigenvalue weighted by Crippen LogP contribution is 2.34. The second-order valence-corrected chi connectivity index (χ2v) is 7.61. The van der Waals surface area contributed by atoms with E-state index in [-0.39, 0.29) is 5.92 Å². The number of methoxy groups -OCH3 is 1. The molecule has 0 saturated heterocycles. The van der Waals surface area contributed by atoms with Gasteiger partial charge in [0.25, 0.3) is 0 Å². The number of nitrogens with zero attached hydrogens (tertiary/aromatic N) is 2. The van der Waals surface area contributed by atoms with Gasteiger partial charge in [-0.25, -0.2) is 4.98 Å². The molecule has 0 aliphatic rings. The molecule has 0 aliphatic carbocycles. The van der Waals surface area contributed by atoms with Gasteiger partial charge in [0.1, 0.15) is 11.6 Å². The largest absolute Gasteiger partial charge is 0.496 e. The smallest absolute Gasteiger partial charge is 0.123 e. The van der Waals surface area contributed by atoms with Crippen molar-refractivity contribution in [1.82, 2.24) is 9.55 Å². The Morgan fingerprint density at radius 2 is 1.29 bits per heavy atom. The molecule has 0 aliphatic heterocycles. The van der Waals surface area contributed by atoms with E-state index < -0.39 is 0 Å². The van der Waals surface area contributed by atoms with Crippen LogP contribution in [0.5, 0.6) is 5.75 Å². The minimum Gasteiger partial charge on any atom is -0.496 e. The van der Waals surface area contributed by atoms with E-state index in [9.17, 15) is 0 Å². The Bertz CT molecular complexity index is 1250. The predicted octanol–water partition coefficient (Wildman–Crippen LogP) is 6.27. The van der Waals surface area contributed by atoms with Gasteiger partial charge in [-0.2, -0.15) is 0 Å². The van der Waals surface area contributed by atoms with Crippen molar-refractivity contribution >= 4 is 11.0 Å². The zero-order valence-corrected chi connectivity index (χ0v) is 17.5. The van der Waals surface area contributed by atoms with Crippen molar-refractivity contribution in [2.75, 3.05) is 7.11 Å². The van der Waals surface area contributed by atoms with Gasteiger partial charge in [0.15, 0.2) is 0 Å². The number of aromatic nitrogens is 2. The first kappa shape index (κ1) is 19.1. The van der Waals surface area contributed by atoms with Crippen molar-refractivity contribution in [3.8, 4) is 5.75 Å². The van der Waals surface area contributed by atoms with Gasteiger partial charge in [-0.15, -0.1) is 0 Å². The number of rotatable bonds is 6. The SMILES string of the molecule is COc1ccccc1Cn1c(C(c2ccccc2)c2ccccc2)nc2ccccc21. The average molecular weight is 405 g/mol. The summed E-state index contributed by atoms with van der Waals surface area (Å²) in [4.78, 5) is 5.14. The van der Waals surface area contributed by atoms with Crippen LogP contribution in [0.2, 0.25) is 0 Å². The summed E-state index contributed by atoms with van der Waals surface area (Å²) in [5.41, 5.74) is 5.72. The number of benzene rings is 4. The van der Waals surface area contributed by atoms with Crippen molar-refractivity contribution in [2.45, 2.75) is 12.5 Å². The van der Waals surface area contributed by atoms with Crippen LogP contribution >= 0.6 is 0 Å². The highest BCUT2D eigenvalue weighted by atomic mass is 16.5. The van der Waals surface area contributed by atoms with Crippen molar-refractivity contribution < 1.29 is 4.74 Å². The number of para-hydroxylation sites is 3. The van der Waals surface area contributed by atoms with Gasteiger partial charge in [0, 0.05) is 5.56 Å². The lowest BCUT2D eigenvalue weighted by molar-refractivity contribution is 0.408. The highest BCUT2D eigenvalue weighted by molar-refractivity contribution is 5.76. The first-order valence-electron chi connectivity index (χ1n) is 10.5. The summed E-state index contributed by atoms with van der Waals surface area (Å²) in [6.07, 6.45) is 0. The zero-order valence-electron chi connectivity index (χ0n) is 17.5. The average Bonchev–Trinajstić information content (AvgIpc) is 3.19. The monoisotopic (exact) mass is 404 g/mol. The Morgan fingerprint density at radius 1 is 0.710 bits per heavy atom. The molecule has 0 amide bonds. The minimum absolute atomic E-state index is 0.0320. The van der Waals surface area contributed by atoms with Crippen molar-refractivity contribution in [3.05, 3.63) is 132 Å². The summed E-state index contributed by atoms with van der Waals surface area (Å²) in [5, 5.41) is 0. The fraction of sp³-hybridized carbons (Fsp3) is 0.107. The molecule has 0 bridgehead atoms. The van der Waals surface area contributed by atoms with Crippen LogP contribution in [0, 0.1) is 0 Å². The third-order valence-electron chi connectivity index (χ3n) is 5.73. The third-order valence-corrected chi connectivity index (χ3v) is 5.73. The molecule has 0 radical (unpaired) electrons. The van der Waals surface area contributed by atoms with E-state index >= 15 is 0 Å². The van der Waals surface area contributed by atoms with Gasteiger partial charge in [0.2, 0.25) is 0 Å². The summed E-state index contributed by atoms with van der Waals surface area (Å²) in [7, 11) is 1.72. The third kappa shape index (κ3) is 3.71. The molecule has 3 nitrogen and oxygen atoms in total. The molecule has 1 heterocycles. The predicted molar refractivity (Wildman–Crippen MR) is 126 cm³/mol. The molecule has 5 aromatic rings. The molecular formula is C28H24N2O. The Kier molecular flexibility index (Phi) is 5.24. The van der Waals surface area contributed by atoms with Crippen molar-refractivity contribution in [3.63, 3.8) is 0 Å². The second-order valence-electron chi connectivity index (χ2n) is 7.61. The quantitative estimate of drug-likeness (QED) is 0.333. The van der Waals surface area contributed by atoms with Gasteiger partial charge in [0.05, 0.1) is 30.6 Å². The molecule has 0 unspecified atom stereocenters. The summed E-state index contributed by atoms with van der Waals surface area (Å²) in [6.45, 7) is 0.691. The molecule has 0 N–H and O–H groups in total. The van der Waals surface area contributed by atoms with E-state index in [1.54, 1.807) is 7.11 Å². The van der Waals surface area contributed by atoms with Crippen LogP contribution in [-0.2, 0) is 6.54 Å². The molecule has 0 saturated carbocycles. The zero-order chi connectivity index (χ0) is 21.0. The lowest BCUT2D eigenvalue weighted by atomic mass is 9.90. The molecule has 4 aromatic carbocycles. The lowest BCUT2D eigenvalue weighted by Crippen LogP contribution is -2.13. The molecule has 0 fully saturated rings. The highest BCUT2D eigenvalue weighted by Gasteiger charge is 2.24. The van der Waals surface area contributed by atoms with Crippen molar-refractivity contribution in [1.29, 1.82) is 0 Å². The van der Waals surface area contributed by atoms with Crippen LogP contribution in [-0.4, -0.2) is 16.7 Å². The van der Waals surface area contributed by atoms with Crippen LogP contribution in [0.3, 0.4) is 0 Å². The number of ether oxygens (including phenoxy) is 1. The molecule has 0 atom stereocenters. The van der Waals surface area contributed by atoms with Crippen molar-refractivity contribution in [2.24, 2.45) is 0 Å². The Hall–Kier alpha value is -3.85. The lowest BCUT2D eigenvalue weighted by Gasteiger charge is -2.20. The molecule has 3 heteroatoms. The van der Waals surface area contributed by atoms with Gasteiger partial charge < -0.3 is 9.30 Å². The Balaban J connectivity index is 1.74. The molecule has 0 spiro atoms. The number of imidazole rings is 1. The molecule has 5 rings (SSSR count). The Morgan fingerprint density at radius 3 is 1.97 bits per heavy atom. The van der Waals surface area contributed by atoms with E-state index in [1.165, 1.54) is 11.1 Å². The van der Waals surface area contributed by atoms with Gasteiger partial charge >= 0.3 is 0 Å². The minimum atomic E-state index is 0.0320. The van der Waals surface area contributed by atoms with E-state index in [2.05, 4.69) is 95.6 Å². The molecular weight excluding hydrogens is 380 g/mol. The number of hydrogen-bond acceptors (Lipinski definition) is 2. The van der Waals surface area contributed by atoms with Crippen LogP contribution in [0.1, 0.15) is 28.4 Å². The second kappa shape index (κ2) is 8.49. The van der Waals surface area contributed by atoms with E-state index in [1.807, 2.05) is 18.2 Å². The molecule has 152 valence electrons. The standard InChI is InChI=1S/C28H24N2O/c1-31-26-19-11-8-16-23(26)20-30-25-18-10-9-17-24(25)29-28(30)27(21-12-4-2-5-13-21)22-14-6-3-7-15-22/h2-19,27H,20H2,1H3. The van der Waals surface area contributed by atoms with E-state index in [0.29, 0.717) is 6.54 Å². The topological polar surface area (TPSA) is 27.1 Å². The van der Waals surface area contributed by atoms with Crippen LogP contribution in [0.25, 0.3) is 11.0 Å². The number of fused-ring (bicyclic) bond motifs is 1. The number of hydrogen-bond donors (Lipinski definition) is 0. The fourth-order valence-corrected chi connectivity index (χ4v) is 4.27. The van der Waals surface area contributed by atoms with Crippen LogP contribution in [0.4, 0.5) is 0 Å². The van der Waals surface area contributed by atoms with E-state index in [0.717, 1.165) is 28.2 Å². The van der Waals surface area contributed by atoms with Gasteiger partial charge in [-0.3, -0.25) is 0 Å². The summed E-state index contributed by atoms with van der Waals surface area (Å²) < 4.78 is 7.97. The molecule has 31 heavy (non-hydrogen) atoms. The first-order chi connectivity index (χ1) is 15.3. The van der Waals surface area contributed by atoms with Crippen LogP contribution < -0.4 is 4.74 Å². The van der Waals surface area contributed by atoms with Crippen LogP contribution in [0.15, 0.2) is 109 Å². The molecule has 1 aromatic heterocycles. The summed E-state index contributed by atoms with van der Waals surface area (Å²) in [5.74, 6) is 1.95. The maximum absolute atomic E-state index is 5.64.